The zero-order valence-electron chi connectivity index (χ0n) is 15.4. The first-order chi connectivity index (χ1) is 12.4. The Hall–Kier alpha value is -2.35. The molecule has 2 N–H and O–H groups in total. The monoisotopic (exact) mass is 376 g/mol. The van der Waals surface area contributed by atoms with Crippen molar-refractivity contribution in [2.45, 2.75) is 38.4 Å². The van der Waals surface area contributed by atoms with E-state index in [9.17, 15) is 9.59 Å². The molecule has 0 saturated heterocycles. The van der Waals surface area contributed by atoms with Crippen molar-refractivity contribution in [2.75, 3.05) is 12.9 Å². The highest BCUT2D eigenvalue weighted by atomic mass is 32.2. The number of hydrogen-bond acceptors (Lipinski definition) is 6. The van der Waals surface area contributed by atoms with Crippen molar-refractivity contribution in [2.24, 2.45) is 5.92 Å². The molecule has 2 rings (SSSR count). The van der Waals surface area contributed by atoms with Crippen LogP contribution in [0.15, 0.2) is 29.4 Å². The summed E-state index contributed by atoms with van der Waals surface area (Å²) in [5, 5.41) is 10.2. The molecule has 8 heteroatoms. The second-order valence-corrected chi connectivity index (χ2v) is 7.34. The standard InChI is InChI=1S/C18H24N4O3S/c1-11(2)9-14(17(24)25-4)19-15(23)10-26-18-20-16(21-22-18)13-7-5-12(3)6-8-13/h5-8,11,14H,9-10H2,1-4H3,(H,19,23)(H,20,21,22)/t14-/m0/s1. The molecular formula is C18H24N4O3S. The van der Waals surface area contributed by atoms with Gasteiger partial charge in [-0.25, -0.2) is 9.78 Å². The maximum absolute atomic E-state index is 12.1. The molecule has 0 aliphatic rings. The maximum Gasteiger partial charge on any atom is 0.328 e. The van der Waals surface area contributed by atoms with Gasteiger partial charge in [0.25, 0.3) is 0 Å². The molecule has 7 nitrogen and oxygen atoms in total. The second-order valence-electron chi connectivity index (χ2n) is 6.39. The number of aromatic nitrogens is 3. The number of carbonyl (C=O) groups excluding carboxylic acids is 2. The van der Waals surface area contributed by atoms with Crippen LogP contribution in [0.1, 0.15) is 25.8 Å². The summed E-state index contributed by atoms with van der Waals surface area (Å²) in [7, 11) is 1.32. The zero-order valence-corrected chi connectivity index (χ0v) is 16.2. The number of benzene rings is 1. The van der Waals surface area contributed by atoms with Gasteiger partial charge < -0.3 is 10.1 Å². The fraction of sp³-hybridized carbons (Fsp3) is 0.444. The number of methoxy groups -OCH3 is 1. The van der Waals surface area contributed by atoms with Crippen LogP contribution >= 0.6 is 11.8 Å². The Bertz CT molecular complexity index is 743. The Morgan fingerprint density at radius 3 is 2.58 bits per heavy atom. The number of aromatic amines is 1. The lowest BCUT2D eigenvalue weighted by molar-refractivity contribution is -0.145. The van der Waals surface area contributed by atoms with Gasteiger partial charge in [-0.2, -0.15) is 0 Å². The van der Waals surface area contributed by atoms with E-state index < -0.39 is 12.0 Å². The summed E-state index contributed by atoms with van der Waals surface area (Å²) in [6.45, 7) is 5.99. The third-order valence-electron chi connectivity index (χ3n) is 3.65. The van der Waals surface area contributed by atoms with Gasteiger partial charge in [0.2, 0.25) is 11.1 Å². The molecule has 2 aromatic rings. The molecule has 1 heterocycles. The van der Waals surface area contributed by atoms with Crippen LogP contribution in [0.2, 0.25) is 0 Å². The summed E-state index contributed by atoms with van der Waals surface area (Å²) >= 11 is 1.21. The van der Waals surface area contributed by atoms with E-state index in [1.54, 1.807) is 0 Å². The molecule has 0 radical (unpaired) electrons. The number of nitrogens with zero attached hydrogens (tertiary/aromatic N) is 2. The molecule has 0 aliphatic carbocycles. The van der Waals surface area contributed by atoms with Gasteiger partial charge in [-0.05, 0) is 19.3 Å². The number of esters is 1. The Kier molecular flexibility index (Phi) is 7.20. The second kappa shape index (κ2) is 9.38. The lowest BCUT2D eigenvalue weighted by atomic mass is 10.0. The number of amides is 1. The predicted molar refractivity (Wildman–Crippen MR) is 101 cm³/mol. The third kappa shape index (κ3) is 5.87. The van der Waals surface area contributed by atoms with Crippen LogP contribution in [0.25, 0.3) is 11.4 Å². The Morgan fingerprint density at radius 1 is 1.27 bits per heavy atom. The van der Waals surface area contributed by atoms with E-state index in [2.05, 4.69) is 20.5 Å². The molecule has 0 fully saturated rings. The van der Waals surface area contributed by atoms with Crippen LogP contribution in [-0.4, -0.2) is 46.0 Å². The van der Waals surface area contributed by atoms with Gasteiger partial charge in [0.1, 0.15) is 6.04 Å². The van der Waals surface area contributed by atoms with Crippen molar-refractivity contribution in [3.05, 3.63) is 29.8 Å². The van der Waals surface area contributed by atoms with Crippen molar-refractivity contribution in [1.82, 2.24) is 20.5 Å². The van der Waals surface area contributed by atoms with Gasteiger partial charge in [0.15, 0.2) is 5.82 Å². The summed E-state index contributed by atoms with van der Waals surface area (Å²) in [6.07, 6.45) is 0.529. The highest BCUT2D eigenvalue weighted by molar-refractivity contribution is 7.99. The number of H-pyrrole nitrogens is 1. The molecule has 0 bridgehead atoms. The lowest BCUT2D eigenvalue weighted by Gasteiger charge is -2.17. The van der Waals surface area contributed by atoms with E-state index in [4.69, 9.17) is 4.74 Å². The molecular weight excluding hydrogens is 352 g/mol. The summed E-state index contributed by atoms with van der Waals surface area (Å²) in [4.78, 5) is 28.3. The number of nitrogens with one attached hydrogen (secondary N) is 2. The first-order valence-electron chi connectivity index (χ1n) is 8.38. The lowest BCUT2D eigenvalue weighted by Crippen LogP contribution is -2.43. The molecule has 0 spiro atoms. The highest BCUT2D eigenvalue weighted by Gasteiger charge is 2.22. The third-order valence-corrected chi connectivity index (χ3v) is 4.50. The smallest absolute Gasteiger partial charge is 0.328 e. The van der Waals surface area contributed by atoms with Gasteiger partial charge >= 0.3 is 5.97 Å². The van der Waals surface area contributed by atoms with E-state index in [0.29, 0.717) is 17.4 Å². The van der Waals surface area contributed by atoms with Crippen molar-refractivity contribution in [3.8, 4) is 11.4 Å². The van der Waals surface area contributed by atoms with Crippen molar-refractivity contribution in [1.29, 1.82) is 0 Å². The maximum atomic E-state index is 12.1. The van der Waals surface area contributed by atoms with Gasteiger partial charge in [0.05, 0.1) is 12.9 Å². The Balaban J connectivity index is 1.90. The Labute approximate surface area is 157 Å². The first-order valence-corrected chi connectivity index (χ1v) is 9.37. The van der Waals surface area contributed by atoms with E-state index in [1.165, 1.54) is 24.4 Å². The molecule has 0 saturated carbocycles. The van der Waals surface area contributed by atoms with Gasteiger partial charge in [-0.1, -0.05) is 55.4 Å². The number of rotatable bonds is 8. The largest absolute Gasteiger partial charge is 0.467 e. The fourth-order valence-corrected chi connectivity index (χ4v) is 2.95. The minimum atomic E-state index is -0.636. The SMILES string of the molecule is COC(=O)[C@H](CC(C)C)NC(=O)CSc1n[nH]c(-c2ccc(C)cc2)n1. The predicted octanol–water partition coefficient (Wildman–Crippen LogP) is 2.58. The zero-order chi connectivity index (χ0) is 19.1. The van der Waals surface area contributed by atoms with E-state index >= 15 is 0 Å². The molecule has 1 amide bonds. The molecule has 0 unspecified atom stereocenters. The number of aryl methyl sites for hydroxylation is 1. The molecule has 1 aromatic heterocycles. The van der Waals surface area contributed by atoms with Crippen molar-refractivity contribution in [3.63, 3.8) is 0 Å². The molecule has 1 atom stereocenters. The van der Waals surface area contributed by atoms with Crippen LogP contribution in [0.5, 0.6) is 0 Å². The molecule has 1 aromatic carbocycles. The van der Waals surface area contributed by atoms with Crippen LogP contribution in [0.4, 0.5) is 0 Å². The Morgan fingerprint density at radius 2 is 1.96 bits per heavy atom. The van der Waals surface area contributed by atoms with Crippen LogP contribution in [0.3, 0.4) is 0 Å². The average Bonchev–Trinajstić information content (AvgIpc) is 3.08. The quantitative estimate of drug-likeness (QED) is 0.543. The van der Waals surface area contributed by atoms with Gasteiger partial charge in [-0.15, -0.1) is 5.10 Å². The van der Waals surface area contributed by atoms with Crippen LogP contribution < -0.4 is 5.32 Å². The topological polar surface area (TPSA) is 97.0 Å². The summed E-state index contributed by atoms with van der Waals surface area (Å²) in [5.41, 5.74) is 2.10. The van der Waals surface area contributed by atoms with Crippen LogP contribution in [-0.2, 0) is 14.3 Å². The number of thioether (sulfide) groups is 1. The average molecular weight is 376 g/mol. The van der Waals surface area contributed by atoms with E-state index in [0.717, 1.165) is 5.56 Å². The van der Waals surface area contributed by atoms with Crippen molar-refractivity contribution < 1.29 is 14.3 Å². The minimum Gasteiger partial charge on any atom is -0.467 e. The van der Waals surface area contributed by atoms with Gasteiger partial charge in [0, 0.05) is 5.56 Å². The summed E-state index contributed by atoms with van der Waals surface area (Å²) < 4.78 is 4.75. The van der Waals surface area contributed by atoms with E-state index in [-0.39, 0.29) is 17.6 Å². The summed E-state index contributed by atoms with van der Waals surface area (Å²) in [6, 6.07) is 7.29. The minimum absolute atomic E-state index is 0.122. The van der Waals surface area contributed by atoms with Crippen LogP contribution in [0, 0.1) is 12.8 Å². The summed E-state index contributed by atoms with van der Waals surface area (Å²) in [5.74, 6) is 0.346. The van der Waals surface area contributed by atoms with Gasteiger partial charge in [-0.3, -0.25) is 9.89 Å². The molecule has 140 valence electrons. The fourth-order valence-electron chi connectivity index (χ4n) is 2.35. The number of carbonyl (C=O) groups is 2. The number of hydrogen-bond donors (Lipinski definition) is 2. The van der Waals surface area contributed by atoms with E-state index in [1.807, 2.05) is 45.0 Å². The highest BCUT2D eigenvalue weighted by Crippen LogP contribution is 2.19. The molecule has 0 aliphatic heterocycles. The molecule has 26 heavy (non-hydrogen) atoms. The number of ether oxygens (including phenoxy) is 1. The first kappa shape index (κ1) is 20.0. The normalized spacial score (nSPS) is 12.0. The van der Waals surface area contributed by atoms with Crippen molar-refractivity contribution >= 4 is 23.6 Å².